The van der Waals surface area contributed by atoms with Gasteiger partial charge >= 0.3 is 0 Å². The van der Waals surface area contributed by atoms with E-state index in [1.807, 2.05) is 26.0 Å². The number of amides is 2. The fraction of sp³-hybridized carbons (Fsp3) is 0.263. The molecule has 24 heavy (non-hydrogen) atoms. The summed E-state index contributed by atoms with van der Waals surface area (Å²) in [5.74, 6) is -0.229. The van der Waals surface area contributed by atoms with Crippen LogP contribution in [0.5, 0.6) is 0 Å². The Morgan fingerprint density at radius 1 is 1.04 bits per heavy atom. The molecule has 0 bridgehead atoms. The minimum absolute atomic E-state index is 0.0840. The summed E-state index contributed by atoms with van der Waals surface area (Å²) in [5.41, 5.74) is 3.67. The van der Waals surface area contributed by atoms with Crippen LogP contribution in [-0.4, -0.2) is 18.4 Å². The molecule has 2 aromatic carbocycles. The Hall–Kier alpha value is -2.33. The highest BCUT2D eigenvalue weighted by Gasteiger charge is 2.14. The zero-order valence-electron chi connectivity index (χ0n) is 14.1. The van der Waals surface area contributed by atoms with Gasteiger partial charge in [-0.25, -0.2) is 0 Å². The molecule has 0 aliphatic carbocycles. The molecule has 2 rings (SSSR count). The zero-order valence-corrected chi connectivity index (χ0v) is 14.9. The van der Waals surface area contributed by atoms with E-state index in [4.69, 9.17) is 11.6 Å². The second kappa shape index (κ2) is 7.97. The summed E-state index contributed by atoms with van der Waals surface area (Å²) >= 11 is 5.82. The van der Waals surface area contributed by atoms with Crippen molar-refractivity contribution >= 4 is 34.8 Å². The number of nitrogens with one attached hydrogen (secondary N) is 1. The second-order valence-corrected chi connectivity index (χ2v) is 6.26. The van der Waals surface area contributed by atoms with Crippen molar-refractivity contribution in [3.05, 3.63) is 58.6 Å². The average Bonchev–Trinajstić information content (AvgIpc) is 2.48. The Kier molecular flexibility index (Phi) is 5.99. The molecule has 126 valence electrons. The first-order chi connectivity index (χ1) is 11.3. The van der Waals surface area contributed by atoms with Crippen molar-refractivity contribution in [2.45, 2.75) is 27.2 Å². The smallest absolute Gasteiger partial charge is 0.226 e. The van der Waals surface area contributed by atoms with Gasteiger partial charge in [0.25, 0.3) is 0 Å². The minimum Gasteiger partial charge on any atom is -0.326 e. The first kappa shape index (κ1) is 18.0. The van der Waals surface area contributed by atoms with Crippen LogP contribution in [0.15, 0.2) is 42.5 Å². The third-order valence-electron chi connectivity index (χ3n) is 3.59. The molecule has 2 amide bonds. The summed E-state index contributed by atoms with van der Waals surface area (Å²) < 4.78 is 0. The SMILES string of the molecule is CC(=O)N(CCC(=O)Nc1ccc(Cl)cc1)c1cc(C)cc(C)c1. The first-order valence-electron chi connectivity index (χ1n) is 7.77. The van der Waals surface area contributed by atoms with Crippen LogP contribution in [0.25, 0.3) is 0 Å². The molecular weight excluding hydrogens is 324 g/mol. The number of benzene rings is 2. The Bertz CT molecular complexity index is 721. The maximum Gasteiger partial charge on any atom is 0.226 e. The number of halogens is 1. The van der Waals surface area contributed by atoms with E-state index < -0.39 is 0 Å². The summed E-state index contributed by atoms with van der Waals surface area (Å²) in [6.45, 7) is 5.82. The maximum absolute atomic E-state index is 12.1. The van der Waals surface area contributed by atoms with Gasteiger partial charge in [-0.05, 0) is 61.4 Å². The molecule has 0 radical (unpaired) electrons. The summed E-state index contributed by atoms with van der Waals surface area (Å²) in [6.07, 6.45) is 0.217. The first-order valence-corrected chi connectivity index (χ1v) is 8.15. The van der Waals surface area contributed by atoms with Gasteiger partial charge in [-0.1, -0.05) is 17.7 Å². The van der Waals surface area contributed by atoms with Gasteiger partial charge in [-0.2, -0.15) is 0 Å². The van der Waals surface area contributed by atoms with Crippen molar-refractivity contribution in [1.29, 1.82) is 0 Å². The predicted octanol–water partition coefficient (Wildman–Crippen LogP) is 4.34. The van der Waals surface area contributed by atoms with Crippen molar-refractivity contribution in [2.24, 2.45) is 0 Å². The van der Waals surface area contributed by atoms with E-state index in [2.05, 4.69) is 11.4 Å². The molecule has 0 aliphatic heterocycles. The van der Waals surface area contributed by atoms with E-state index in [-0.39, 0.29) is 18.2 Å². The molecular formula is C19H21ClN2O2. The lowest BCUT2D eigenvalue weighted by Gasteiger charge is -2.22. The van der Waals surface area contributed by atoms with E-state index in [1.165, 1.54) is 6.92 Å². The van der Waals surface area contributed by atoms with Crippen molar-refractivity contribution < 1.29 is 9.59 Å². The number of carbonyl (C=O) groups excluding carboxylic acids is 2. The Labute approximate surface area is 147 Å². The Morgan fingerprint density at radius 3 is 2.17 bits per heavy atom. The van der Waals surface area contributed by atoms with Gasteiger partial charge in [0.1, 0.15) is 0 Å². The summed E-state index contributed by atoms with van der Waals surface area (Å²) in [5, 5.41) is 3.42. The van der Waals surface area contributed by atoms with Crippen LogP contribution < -0.4 is 10.2 Å². The third-order valence-corrected chi connectivity index (χ3v) is 3.84. The molecule has 0 spiro atoms. The van der Waals surface area contributed by atoms with Crippen LogP contribution in [-0.2, 0) is 9.59 Å². The molecule has 2 aromatic rings. The molecule has 0 fully saturated rings. The van der Waals surface area contributed by atoms with Crippen LogP contribution in [0, 0.1) is 13.8 Å². The minimum atomic E-state index is -0.145. The van der Waals surface area contributed by atoms with Crippen LogP contribution in [0.3, 0.4) is 0 Å². The summed E-state index contributed by atoms with van der Waals surface area (Å²) in [7, 11) is 0. The summed E-state index contributed by atoms with van der Waals surface area (Å²) in [6, 6.07) is 12.9. The van der Waals surface area contributed by atoms with Crippen LogP contribution >= 0.6 is 11.6 Å². The number of anilines is 2. The van der Waals surface area contributed by atoms with Gasteiger partial charge in [0.2, 0.25) is 11.8 Å². The number of carbonyl (C=O) groups is 2. The highest BCUT2D eigenvalue weighted by molar-refractivity contribution is 6.30. The fourth-order valence-electron chi connectivity index (χ4n) is 2.54. The van der Waals surface area contributed by atoms with E-state index in [0.29, 0.717) is 17.3 Å². The highest BCUT2D eigenvalue weighted by atomic mass is 35.5. The standard InChI is InChI=1S/C19H21ClN2O2/c1-13-10-14(2)12-18(11-13)22(15(3)23)9-8-19(24)21-17-6-4-16(20)5-7-17/h4-7,10-12H,8-9H2,1-3H3,(H,21,24). The van der Waals surface area contributed by atoms with Gasteiger partial charge in [0.15, 0.2) is 0 Å². The topological polar surface area (TPSA) is 49.4 Å². The zero-order chi connectivity index (χ0) is 17.7. The number of hydrogen-bond acceptors (Lipinski definition) is 2. The number of nitrogens with zero attached hydrogens (tertiary/aromatic N) is 1. The monoisotopic (exact) mass is 344 g/mol. The molecule has 1 N–H and O–H groups in total. The van der Waals surface area contributed by atoms with Gasteiger partial charge in [-0.15, -0.1) is 0 Å². The van der Waals surface area contributed by atoms with Crippen molar-refractivity contribution in [1.82, 2.24) is 0 Å². The fourth-order valence-corrected chi connectivity index (χ4v) is 2.67. The van der Waals surface area contributed by atoms with Crippen molar-refractivity contribution in [2.75, 3.05) is 16.8 Å². The van der Waals surface area contributed by atoms with Gasteiger partial charge in [0, 0.05) is 36.3 Å². The second-order valence-electron chi connectivity index (χ2n) is 5.82. The lowest BCUT2D eigenvalue weighted by molar-refractivity contribution is -0.117. The number of aryl methyl sites for hydroxylation is 2. The molecule has 0 aromatic heterocycles. The molecule has 4 nitrogen and oxygen atoms in total. The van der Waals surface area contributed by atoms with Gasteiger partial charge < -0.3 is 10.2 Å². The molecule has 5 heteroatoms. The Morgan fingerprint density at radius 2 is 1.62 bits per heavy atom. The quantitative estimate of drug-likeness (QED) is 0.877. The lowest BCUT2D eigenvalue weighted by atomic mass is 10.1. The van der Waals surface area contributed by atoms with Crippen LogP contribution in [0.1, 0.15) is 24.5 Å². The largest absolute Gasteiger partial charge is 0.326 e. The summed E-state index contributed by atoms with van der Waals surface area (Å²) in [4.78, 5) is 25.7. The van der Waals surface area contributed by atoms with Crippen LogP contribution in [0.2, 0.25) is 5.02 Å². The molecule has 0 saturated carbocycles. The lowest BCUT2D eigenvalue weighted by Crippen LogP contribution is -2.32. The van der Waals surface area contributed by atoms with E-state index >= 15 is 0 Å². The Balaban J connectivity index is 2.02. The maximum atomic E-state index is 12.1. The predicted molar refractivity (Wildman–Crippen MR) is 98.6 cm³/mol. The molecule has 0 aliphatic rings. The molecule has 0 heterocycles. The van der Waals surface area contributed by atoms with Crippen molar-refractivity contribution in [3.8, 4) is 0 Å². The van der Waals surface area contributed by atoms with Crippen LogP contribution in [0.4, 0.5) is 11.4 Å². The van der Waals surface area contributed by atoms with E-state index in [9.17, 15) is 9.59 Å². The van der Waals surface area contributed by atoms with Gasteiger partial charge in [-0.3, -0.25) is 9.59 Å². The van der Waals surface area contributed by atoms with Gasteiger partial charge in [0.05, 0.1) is 0 Å². The highest BCUT2D eigenvalue weighted by Crippen LogP contribution is 2.20. The number of hydrogen-bond donors (Lipinski definition) is 1. The van der Waals surface area contributed by atoms with E-state index in [0.717, 1.165) is 16.8 Å². The number of rotatable bonds is 5. The molecule has 0 atom stereocenters. The van der Waals surface area contributed by atoms with E-state index in [1.54, 1.807) is 29.2 Å². The normalized spacial score (nSPS) is 10.3. The average molecular weight is 345 g/mol. The molecule has 0 saturated heterocycles. The molecule has 0 unspecified atom stereocenters. The third kappa shape index (κ3) is 5.10. The van der Waals surface area contributed by atoms with Crippen molar-refractivity contribution in [3.63, 3.8) is 0 Å².